The predicted molar refractivity (Wildman–Crippen MR) is 313 cm³/mol. The van der Waals surface area contributed by atoms with Crippen LogP contribution in [-0.2, 0) is 14.3 Å². The van der Waals surface area contributed by atoms with E-state index in [0.29, 0.717) is 12.8 Å². The van der Waals surface area contributed by atoms with Gasteiger partial charge in [0, 0.05) is 6.42 Å². The molecule has 0 aromatic rings. The molecule has 0 aromatic carbocycles. The highest BCUT2D eigenvalue weighted by molar-refractivity contribution is 5.76. The van der Waals surface area contributed by atoms with E-state index >= 15 is 0 Å². The molecule has 0 aromatic heterocycles. The van der Waals surface area contributed by atoms with Crippen LogP contribution in [0.25, 0.3) is 0 Å². The third kappa shape index (κ3) is 43.2. The summed E-state index contributed by atoms with van der Waals surface area (Å²) in [6.07, 6.45) is 65.9. The Kier molecular flexibility index (Phi) is 51.7. The zero-order valence-corrected chi connectivity index (χ0v) is 48.4. The molecule has 1 aliphatic heterocycles. The Balaban J connectivity index is 2.15. The lowest BCUT2D eigenvalue weighted by atomic mass is 9.99. The van der Waals surface area contributed by atoms with Crippen LogP contribution in [0, 0.1) is 0 Å². The van der Waals surface area contributed by atoms with Gasteiger partial charge in [0.15, 0.2) is 6.29 Å². The topological polar surface area (TPSA) is 149 Å². The average molecular weight is 1040 g/mol. The summed E-state index contributed by atoms with van der Waals surface area (Å²) in [6.45, 7) is 3.76. The molecule has 434 valence electrons. The van der Waals surface area contributed by atoms with Crippen molar-refractivity contribution in [2.75, 3.05) is 13.2 Å². The van der Waals surface area contributed by atoms with Crippen LogP contribution in [0.2, 0.25) is 0 Å². The van der Waals surface area contributed by atoms with Crippen LogP contribution < -0.4 is 5.32 Å². The Labute approximate surface area is 456 Å². The Morgan fingerprint density at radius 2 is 0.838 bits per heavy atom. The van der Waals surface area contributed by atoms with E-state index in [1.165, 1.54) is 205 Å². The van der Waals surface area contributed by atoms with Gasteiger partial charge in [-0.25, -0.2) is 0 Å². The summed E-state index contributed by atoms with van der Waals surface area (Å²) >= 11 is 0. The predicted octanol–water partition coefficient (Wildman–Crippen LogP) is 16.5. The van der Waals surface area contributed by atoms with Crippen LogP contribution in [0.4, 0.5) is 0 Å². The van der Waals surface area contributed by atoms with Crippen LogP contribution in [0.5, 0.6) is 0 Å². The molecule has 6 N–H and O–H groups in total. The van der Waals surface area contributed by atoms with E-state index in [9.17, 15) is 30.3 Å². The standard InChI is InChI=1S/C65H121NO8/c1-3-5-7-9-11-13-15-17-19-21-23-25-26-27-28-29-30-31-32-33-35-36-38-40-42-44-46-48-50-52-54-59(68)58(57-73-65-64(72)63(71)62(70)60(56-67)74-65)66-61(69)55-53-51-49-47-45-43-41-39-37-34-24-22-20-18-16-14-12-10-8-6-4-2/h6,8,12,14,18,20,24,34,58-60,62-65,67-68,70-72H,3-5,7,9-11,13,15-17,19,21-23,25-33,35-57H2,1-2H3,(H,66,69)/b8-6-,14-12-,20-18-,34-24-. The average Bonchev–Trinajstić information content (AvgIpc) is 3.40. The maximum atomic E-state index is 13.1. The lowest BCUT2D eigenvalue weighted by Gasteiger charge is -2.40. The quantitative estimate of drug-likeness (QED) is 0.0261. The van der Waals surface area contributed by atoms with E-state index in [4.69, 9.17) is 9.47 Å². The largest absolute Gasteiger partial charge is 0.394 e. The van der Waals surface area contributed by atoms with Crippen molar-refractivity contribution in [1.29, 1.82) is 0 Å². The SMILES string of the molecule is CC/C=C\C/C=C\C/C=C\C/C=C\CCCCCCCCCCC(=O)NC(COC1OC(CO)C(O)C(O)C1O)C(O)CCCCCCCCCCCCCCCCCCCCCCCCCCCCCCCC. The second-order valence-electron chi connectivity index (χ2n) is 22.2. The van der Waals surface area contributed by atoms with Crippen molar-refractivity contribution < 1.29 is 39.8 Å². The Morgan fingerprint density at radius 1 is 0.473 bits per heavy atom. The van der Waals surface area contributed by atoms with Gasteiger partial charge in [0.2, 0.25) is 5.91 Å². The summed E-state index contributed by atoms with van der Waals surface area (Å²) < 4.78 is 11.3. The molecule has 9 heteroatoms. The molecule has 0 bridgehead atoms. The maximum absolute atomic E-state index is 13.1. The van der Waals surface area contributed by atoms with Gasteiger partial charge in [0.25, 0.3) is 0 Å². The number of aliphatic hydroxyl groups excluding tert-OH is 5. The van der Waals surface area contributed by atoms with Crippen molar-refractivity contribution in [2.45, 2.75) is 346 Å². The molecule has 1 heterocycles. The number of hydrogen-bond donors (Lipinski definition) is 6. The third-order valence-corrected chi connectivity index (χ3v) is 15.2. The second kappa shape index (κ2) is 54.5. The van der Waals surface area contributed by atoms with Crippen LogP contribution in [0.3, 0.4) is 0 Å². The molecule has 0 saturated carbocycles. The molecule has 0 aliphatic carbocycles. The van der Waals surface area contributed by atoms with Crippen molar-refractivity contribution in [3.8, 4) is 0 Å². The van der Waals surface area contributed by atoms with Crippen molar-refractivity contribution in [3.05, 3.63) is 48.6 Å². The fraction of sp³-hybridized carbons (Fsp3) is 0.862. The summed E-state index contributed by atoms with van der Waals surface area (Å²) in [7, 11) is 0. The molecule has 0 spiro atoms. The highest BCUT2D eigenvalue weighted by Gasteiger charge is 2.44. The fourth-order valence-electron chi connectivity index (χ4n) is 10.2. The number of carbonyl (C=O) groups is 1. The van der Waals surface area contributed by atoms with Gasteiger partial charge in [-0.2, -0.15) is 0 Å². The highest BCUT2D eigenvalue weighted by Crippen LogP contribution is 2.23. The summed E-state index contributed by atoms with van der Waals surface area (Å²) in [5, 5.41) is 54.8. The van der Waals surface area contributed by atoms with Crippen molar-refractivity contribution >= 4 is 5.91 Å². The van der Waals surface area contributed by atoms with Gasteiger partial charge >= 0.3 is 0 Å². The zero-order chi connectivity index (χ0) is 53.6. The maximum Gasteiger partial charge on any atom is 0.220 e. The molecule has 1 fully saturated rings. The molecule has 1 rings (SSSR count). The number of unbranched alkanes of at least 4 members (excludes halogenated alkanes) is 37. The van der Waals surface area contributed by atoms with Crippen molar-refractivity contribution in [2.24, 2.45) is 0 Å². The van der Waals surface area contributed by atoms with Gasteiger partial charge in [0.1, 0.15) is 24.4 Å². The van der Waals surface area contributed by atoms with E-state index in [1.807, 2.05) is 0 Å². The van der Waals surface area contributed by atoms with Gasteiger partial charge in [0.05, 0.1) is 25.4 Å². The number of carbonyl (C=O) groups excluding carboxylic acids is 1. The van der Waals surface area contributed by atoms with E-state index in [2.05, 4.69) is 67.8 Å². The molecule has 1 aliphatic rings. The van der Waals surface area contributed by atoms with Gasteiger partial charge in [-0.15, -0.1) is 0 Å². The zero-order valence-electron chi connectivity index (χ0n) is 48.4. The molecule has 74 heavy (non-hydrogen) atoms. The van der Waals surface area contributed by atoms with E-state index < -0.39 is 49.5 Å². The van der Waals surface area contributed by atoms with Gasteiger partial charge in [-0.3, -0.25) is 4.79 Å². The summed E-state index contributed by atoms with van der Waals surface area (Å²) in [6, 6.07) is -0.727. The van der Waals surface area contributed by atoms with E-state index in [0.717, 1.165) is 70.6 Å². The van der Waals surface area contributed by atoms with Crippen molar-refractivity contribution in [1.82, 2.24) is 5.32 Å². The molecule has 1 saturated heterocycles. The molecule has 1 amide bonds. The molecular formula is C65H121NO8. The first-order valence-electron chi connectivity index (χ1n) is 31.8. The highest BCUT2D eigenvalue weighted by atomic mass is 16.7. The summed E-state index contributed by atoms with van der Waals surface area (Å²) in [5.74, 6) is -0.150. The number of allylic oxidation sites excluding steroid dienone is 8. The molecule has 9 nitrogen and oxygen atoms in total. The minimum Gasteiger partial charge on any atom is -0.394 e. The monoisotopic (exact) mass is 1040 g/mol. The number of aliphatic hydroxyl groups is 5. The van der Waals surface area contributed by atoms with Crippen LogP contribution in [0.1, 0.15) is 303 Å². The van der Waals surface area contributed by atoms with Gasteiger partial charge in [-0.05, 0) is 51.4 Å². The Bertz CT molecular complexity index is 1300. The molecular weight excluding hydrogens is 923 g/mol. The minimum absolute atomic E-state index is 0.141. The first-order valence-corrected chi connectivity index (χ1v) is 31.8. The number of amides is 1. The van der Waals surface area contributed by atoms with Crippen LogP contribution in [-0.4, -0.2) is 87.5 Å². The molecule has 7 atom stereocenters. The summed E-state index contributed by atoms with van der Waals surface area (Å²) in [4.78, 5) is 13.1. The third-order valence-electron chi connectivity index (χ3n) is 15.2. The second-order valence-corrected chi connectivity index (χ2v) is 22.2. The molecule has 7 unspecified atom stereocenters. The number of nitrogens with one attached hydrogen (secondary N) is 1. The van der Waals surface area contributed by atoms with Gasteiger partial charge < -0.3 is 40.3 Å². The van der Waals surface area contributed by atoms with E-state index in [-0.39, 0.29) is 12.5 Å². The summed E-state index contributed by atoms with van der Waals surface area (Å²) in [5.41, 5.74) is 0. The van der Waals surface area contributed by atoms with Crippen LogP contribution >= 0.6 is 0 Å². The molecule has 0 radical (unpaired) electrons. The fourth-order valence-corrected chi connectivity index (χ4v) is 10.2. The van der Waals surface area contributed by atoms with Crippen molar-refractivity contribution in [3.63, 3.8) is 0 Å². The number of rotatable bonds is 55. The number of hydrogen-bond acceptors (Lipinski definition) is 8. The smallest absolute Gasteiger partial charge is 0.220 e. The van der Waals surface area contributed by atoms with Gasteiger partial charge in [-0.1, -0.05) is 294 Å². The van der Waals surface area contributed by atoms with E-state index in [1.54, 1.807) is 0 Å². The Morgan fingerprint density at radius 3 is 1.24 bits per heavy atom. The Hall–Kier alpha value is -1.85. The lowest BCUT2D eigenvalue weighted by molar-refractivity contribution is -0.302. The minimum atomic E-state index is -1.56. The first kappa shape index (κ1) is 70.2. The normalized spacial score (nSPS) is 19.3. The lowest BCUT2D eigenvalue weighted by Crippen LogP contribution is -2.60. The van der Waals surface area contributed by atoms with Crippen LogP contribution in [0.15, 0.2) is 48.6 Å². The number of ether oxygens (including phenoxy) is 2. The first-order chi connectivity index (χ1) is 36.3.